The van der Waals surface area contributed by atoms with E-state index in [0.717, 1.165) is 25.7 Å². The highest BCUT2D eigenvalue weighted by Crippen LogP contribution is 2.64. The van der Waals surface area contributed by atoms with Gasteiger partial charge in [0.2, 0.25) is 0 Å². The van der Waals surface area contributed by atoms with Crippen LogP contribution in [-0.2, 0) is 19.0 Å². The van der Waals surface area contributed by atoms with Gasteiger partial charge in [0.1, 0.15) is 11.0 Å². The molecule has 3 fully saturated rings. The Morgan fingerprint density at radius 3 is 2.22 bits per heavy atom. The van der Waals surface area contributed by atoms with Crippen LogP contribution in [0.4, 0.5) is 0 Å². The molecule has 102 valence electrons. The molecule has 0 aromatic heterocycles. The summed E-state index contributed by atoms with van der Waals surface area (Å²) in [6, 6.07) is 0. The zero-order valence-electron chi connectivity index (χ0n) is 11.5. The van der Waals surface area contributed by atoms with Crippen molar-refractivity contribution in [2.75, 3.05) is 13.2 Å². The second kappa shape index (κ2) is 3.70. The summed E-state index contributed by atoms with van der Waals surface area (Å²) in [5, 5.41) is 0. The molecule has 0 aromatic carbocycles. The monoisotopic (exact) mass is 254 g/mol. The van der Waals surface area contributed by atoms with Crippen LogP contribution in [-0.4, -0.2) is 30.6 Å². The number of hydrogen-bond acceptors (Lipinski definition) is 4. The molecule has 3 rings (SSSR count). The minimum atomic E-state index is -0.671. The zero-order chi connectivity index (χ0) is 13.0. The third-order valence-corrected chi connectivity index (χ3v) is 4.55. The topological polar surface area (TPSA) is 44.8 Å². The Balaban J connectivity index is 1.91. The van der Waals surface area contributed by atoms with E-state index in [1.165, 1.54) is 0 Å². The Labute approximate surface area is 108 Å². The Morgan fingerprint density at radius 1 is 1.17 bits per heavy atom. The smallest absolute Gasteiger partial charge is 0.318 e. The Bertz CT molecular complexity index is 354. The fourth-order valence-corrected chi connectivity index (χ4v) is 3.89. The predicted octanol–water partition coefficient (Wildman–Crippen LogP) is 2.26. The maximum atomic E-state index is 12.6. The first kappa shape index (κ1) is 12.4. The predicted molar refractivity (Wildman–Crippen MR) is 64.9 cm³/mol. The highest BCUT2D eigenvalue weighted by molar-refractivity contribution is 5.80. The minimum absolute atomic E-state index is 0.128. The lowest BCUT2D eigenvalue weighted by atomic mass is 9.81. The molecule has 2 saturated carbocycles. The van der Waals surface area contributed by atoms with Crippen LogP contribution in [0, 0.1) is 11.3 Å². The SMILES string of the molecule is CC(C)(C)OC(=O)C12CCC(CC1)C21OCCO1. The fourth-order valence-electron chi connectivity index (χ4n) is 3.89. The molecule has 0 unspecified atom stereocenters. The van der Waals surface area contributed by atoms with Gasteiger partial charge in [-0.15, -0.1) is 0 Å². The average Bonchev–Trinajstić information content (AvgIpc) is 2.94. The van der Waals surface area contributed by atoms with Crippen LogP contribution in [0.15, 0.2) is 0 Å². The van der Waals surface area contributed by atoms with E-state index in [9.17, 15) is 4.79 Å². The Kier molecular flexibility index (Phi) is 2.55. The van der Waals surface area contributed by atoms with E-state index in [4.69, 9.17) is 14.2 Å². The number of ether oxygens (including phenoxy) is 3. The molecule has 1 spiro atoms. The van der Waals surface area contributed by atoms with E-state index in [2.05, 4.69) is 0 Å². The molecule has 1 aliphatic heterocycles. The van der Waals surface area contributed by atoms with Crippen LogP contribution < -0.4 is 0 Å². The Hall–Kier alpha value is -0.610. The molecule has 2 aliphatic carbocycles. The van der Waals surface area contributed by atoms with Gasteiger partial charge in [-0.2, -0.15) is 0 Å². The van der Waals surface area contributed by atoms with Gasteiger partial charge in [0.05, 0.1) is 13.2 Å². The molecule has 0 atom stereocenters. The van der Waals surface area contributed by atoms with Crippen molar-refractivity contribution in [3.63, 3.8) is 0 Å². The summed E-state index contributed by atoms with van der Waals surface area (Å²) >= 11 is 0. The van der Waals surface area contributed by atoms with Gasteiger partial charge in [-0.05, 0) is 46.5 Å². The largest absolute Gasteiger partial charge is 0.459 e. The van der Waals surface area contributed by atoms with Crippen LogP contribution in [0.1, 0.15) is 46.5 Å². The van der Waals surface area contributed by atoms with Crippen molar-refractivity contribution in [3.05, 3.63) is 0 Å². The lowest BCUT2D eigenvalue weighted by Gasteiger charge is -2.38. The quantitative estimate of drug-likeness (QED) is 0.673. The normalized spacial score (nSPS) is 37.4. The van der Waals surface area contributed by atoms with Gasteiger partial charge in [0.25, 0.3) is 0 Å². The summed E-state index contributed by atoms with van der Waals surface area (Å²) < 4.78 is 17.4. The van der Waals surface area contributed by atoms with E-state index in [1.54, 1.807) is 0 Å². The van der Waals surface area contributed by atoms with Crippen molar-refractivity contribution in [3.8, 4) is 0 Å². The highest BCUT2D eigenvalue weighted by Gasteiger charge is 2.72. The molecule has 0 N–H and O–H groups in total. The lowest BCUT2D eigenvalue weighted by molar-refractivity contribution is -0.236. The van der Waals surface area contributed by atoms with E-state index in [1.807, 2.05) is 20.8 Å². The van der Waals surface area contributed by atoms with Crippen molar-refractivity contribution in [2.24, 2.45) is 11.3 Å². The Morgan fingerprint density at radius 2 is 1.72 bits per heavy atom. The average molecular weight is 254 g/mol. The standard InChI is InChI=1S/C14H22O4/c1-12(2,3)18-11(15)13-6-4-10(5-7-13)14(13)16-8-9-17-14/h10H,4-9H2,1-3H3. The first-order valence-corrected chi connectivity index (χ1v) is 6.91. The summed E-state index contributed by atoms with van der Waals surface area (Å²) in [7, 11) is 0. The van der Waals surface area contributed by atoms with E-state index < -0.39 is 16.8 Å². The molecule has 0 aromatic rings. The molecule has 3 aliphatic rings. The van der Waals surface area contributed by atoms with Crippen molar-refractivity contribution in [1.29, 1.82) is 0 Å². The molecule has 0 radical (unpaired) electrons. The van der Waals surface area contributed by atoms with Crippen molar-refractivity contribution >= 4 is 5.97 Å². The van der Waals surface area contributed by atoms with Gasteiger partial charge in [-0.3, -0.25) is 4.79 Å². The van der Waals surface area contributed by atoms with E-state index in [-0.39, 0.29) is 5.97 Å². The number of carbonyl (C=O) groups is 1. The molecule has 1 saturated heterocycles. The first-order valence-electron chi connectivity index (χ1n) is 6.91. The van der Waals surface area contributed by atoms with Crippen LogP contribution in [0.25, 0.3) is 0 Å². The van der Waals surface area contributed by atoms with Crippen LogP contribution in [0.2, 0.25) is 0 Å². The summed E-state index contributed by atoms with van der Waals surface area (Å²) in [5.41, 5.74) is -1.01. The van der Waals surface area contributed by atoms with Gasteiger partial charge in [0.15, 0.2) is 5.79 Å². The van der Waals surface area contributed by atoms with Gasteiger partial charge < -0.3 is 14.2 Å². The molecular weight excluding hydrogens is 232 g/mol. The van der Waals surface area contributed by atoms with Gasteiger partial charge in [-0.1, -0.05) is 0 Å². The number of esters is 1. The number of rotatable bonds is 1. The lowest BCUT2D eigenvalue weighted by Crippen LogP contribution is -2.51. The molecule has 0 amide bonds. The second-order valence-electron chi connectivity index (χ2n) is 6.72. The van der Waals surface area contributed by atoms with Gasteiger partial charge >= 0.3 is 5.97 Å². The second-order valence-corrected chi connectivity index (χ2v) is 6.72. The third-order valence-electron chi connectivity index (χ3n) is 4.55. The van der Waals surface area contributed by atoms with Crippen molar-refractivity contribution in [1.82, 2.24) is 0 Å². The van der Waals surface area contributed by atoms with Gasteiger partial charge in [0, 0.05) is 5.92 Å². The van der Waals surface area contributed by atoms with Crippen LogP contribution in [0.3, 0.4) is 0 Å². The van der Waals surface area contributed by atoms with Crippen LogP contribution >= 0.6 is 0 Å². The molecule has 4 nitrogen and oxygen atoms in total. The molecule has 1 heterocycles. The minimum Gasteiger partial charge on any atom is -0.459 e. The van der Waals surface area contributed by atoms with Gasteiger partial charge in [-0.25, -0.2) is 0 Å². The molecule has 4 heteroatoms. The van der Waals surface area contributed by atoms with Crippen molar-refractivity contribution < 1.29 is 19.0 Å². The maximum Gasteiger partial charge on any atom is 0.318 e. The first-order chi connectivity index (χ1) is 8.40. The summed E-state index contributed by atoms with van der Waals surface area (Å²) in [6.45, 7) is 6.92. The third kappa shape index (κ3) is 1.48. The zero-order valence-corrected chi connectivity index (χ0v) is 11.5. The maximum absolute atomic E-state index is 12.6. The summed E-state index contributed by atoms with van der Waals surface area (Å²) in [6.07, 6.45) is 3.71. The van der Waals surface area contributed by atoms with Crippen LogP contribution in [0.5, 0.6) is 0 Å². The van der Waals surface area contributed by atoms with Crippen molar-refractivity contribution in [2.45, 2.75) is 57.8 Å². The molecule has 18 heavy (non-hydrogen) atoms. The number of carbonyl (C=O) groups excluding carboxylic acids is 1. The van der Waals surface area contributed by atoms with E-state index in [0.29, 0.717) is 19.1 Å². The highest BCUT2D eigenvalue weighted by atomic mass is 16.7. The summed E-state index contributed by atoms with van der Waals surface area (Å²) in [5.74, 6) is -0.431. The van der Waals surface area contributed by atoms with E-state index >= 15 is 0 Å². The summed E-state index contributed by atoms with van der Waals surface area (Å²) in [4.78, 5) is 12.6. The fraction of sp³-hybridized carbons (Fsp3) is 0.929. The number of hydrogen-bond donors (Lipinski definition) is 0. The molecular formula is C14H22O4. The molecule has 2 bridgehead atoms.